The molecule has 0 rings (SSSR count). The predicted molar refractivity (Wildman–Crippen MR) is 50.8 cm³/mol. The second-order valence-corrected chi connectivity index (χ2v) is 5.20. The number of hydrogen-bond acceptors (Lipinski definition) is 1. The molecule has 2 unspecified atom stereocenters. The van der Waals surface area contributed by atoms with Gasteiger partial charge in [0.1, 0.15) is 0 Å². The topological polar surface area (TPSA) is 57.5 Å². The van der Waals surface area contributed by atoms with Crippen molar-refractivity contribution >= 4 is 30.8 Å². The van der Waals surface area contributed by atoms with E-state index in [1.54, 1.807) is 13.8 Å². The summed E-state index contributed by atoms with van der Waals surface area (Å²) in [5.74, 6) is 0.822. The van der Waals surface area contributed by atoms with Crippen LogP contribution >= 0.6 is 30.8 Å². The van der Waals surface area contributed by atoms with Gasteiger partial charge in [0.2, 0.25) is 0 Å². The molecule has 0 aliphatic carbocycles. The summed E-state index contributed by atoms with van der Waals surface area (Å²) in [5, 5.41) is -0.935. The summed E-state index contributed by atoms with van der Waals surface area (Å²) in [5.41, 5.74) is 0.353. The molecule has 0 aromatic heterocycles. The van der Waals surface area contributed by atoms with Gasteiger partial charge in [0.15, 0.2) is 0 Å². The maximum Gasteiger partial charge on any atom is 0.349 e. The van der Waals surface area contributed by atoms with E-state index in [0.29, 0.717) is 5.57 Å². The molecule has 0 radical (unpaired) electrons. The molecule has 0 spiro atoms. The van der Waals surface area contributed by atoms with Crippen molar-refractivity contribution in [3.63, 3.8) is 0 Å². The lowest BCUT2D eigenvalue weighted by Gasteiger charge is -2.12. The molecule has 0 aromatic carbocycles. The first-order valence-corrected chi connectivity index (χ1v) is 5.85. The Morgan fingerprint density at radius 3 is 1.75 bits per heavy atom. The van der Waals surface area contributed by atoms with Crippen LogP contribution in [0.1, 0.15) is 13.8 Å². The number of rotatable bonds is 3. The summed E-state index contributed by atoms with van der Waals surface area (Å²) in [4.78, 5) is 17.2. The van der Waals surface area contributed by atoms with Gasteiger partial charge in [0.25, 0.3) is 0 Å². The minimum atomic E-state index is -4.16. The average Bonchev–Trinajstić information content (AvgIpc) is 1.79. The van der Waals surface area contributed by atoms with E-state index >= 15 is 0 Å². The summed E-state index contributed by atoms with van der Waals surface area (Å²) >= 11 is 11.3. The highest BCUT2D eigenvalue weighted by atomic mass is 35.5. The average molecular weight is 233 g/mol. The Morgan fingerprint density at radius 1 is 1.33 bits per heavy atom. The van der Waals surface area contributed by atoms with Crippen LogP contribution in [0.4, 0.5) is 0 Å². The van der Waals surface area contributed by atoms with Crippen molar-refractivity contribution in [1.82, 2.24) is 0 Å². The Bertz CT molecular complexity index is 209. The third kappa shape index (κ3) is 5.18. The number of allylic oxidation sites excluding steroid dienone is 1. The van der Waals surface area contributed by atoms with Gasteiger partial charge in [-0.05, 0) is 19.4 Å². The molecule has 0 saturated carbocycles. The maximum absolute atomic E-state index is 10.6. The number of halogens is 2. The summed E-state index contributed by atoms with van der Waals surface area (Å²) < 4.78 is 10.6. The molecule has 2 atom stereocenters. The van der Waals surface area contributed by atoms with Crippen LogP contribution < -0.4 is 0 Å². The molecule has 0 saturated heterocycles. The lowest BCUT2D eigenvalue weighted by molar-refractivity contribution is 0.385. The number of hydrogen-bond donors (Lipinski definition) is 2. The first-order chi connectivity index (χ1) is 5.24. The zero-order chi connectivity index (χ0) is 9.94. The molecule has 0 amide bonds. The first-order valence-electron chi connectivity index (χ1n) is 3.30. The van der Waals surface area contributed by atoms with Gasteiger partial charge in [-0.1, -0.05) is 0 Å². The fraction of sp³-hybridized carbons (Fsp3) is 0.667. The molecule has 12 heavy (non-hydrogen) atoms. The van der Waals surface area contributed by atoms with Crippen LogP contribution in [0.15, 0.2) is 11.4 Å². The Hall–Kier alpha value is 0.470. The second kappa shape index (κ2) is 4.64. The largest absolute Gasteiger partial charge is 0.349 e. The van der Waals surface area contributed by atoms with E-state index < -0.39 is 18.3 Å². The highest BCUT2D eigenvalue weighted by Gasteiger charge is 2.17. The van der Waals surface area contributed by atoms with E-state index in [-0.39, 0.29) is 0 Å². The van der Waals surface area contributed by atoms with Crippen molar-refractivity contribution in [3.8, 4) is 0 Å². The summed E-state index contributed by atoms with van der Waals surface area (Å²) in [7, 11) is -4.16. The standard InChI is InChI=1S/C6H11Cl2O3P/c1-4(7)6(5(2)8)3-12(9,10)11/h3-5H,1-2H3,(H2,9,10,11). The van der Waals surface area contributed by atoms with Gasteiger partial charge in [-0.2, -0.15) is 0 Å². The molecular weight excluding hydrogens is 222 g/mol. The smallest absolute Gasteiger partial charge is 0.321 e. The first kappa shape index (κ1) is 12.5. The van der Waals surface area contributed by atoms with Crippen molar-refractivity contribution in [3.05, 3.63) is 11.4 Å². The van der Waals surface area contributed by atoms with E-state index in [1.807, 2.05) is 0 Å². The Labute approximate surface area is 81.5 Å². The molecule has 0 fully saturated rings. The van der Waals surface area contributed by atoms with Crippen LogP contribution in [0.2, 0.25) is 0 Å². The quantitative estimate of drug-likeness (QED) is 0.580. The normalized spacial score (nSPS) is 16.8. The van der Waals surface area contributed by atoms with Gasteiger partial charge in [-0.15, -0.1) is 23.2 Å². The Morgan fingerprint density at radius 2 is 1.67 bits per heavy atom. The van der Waals surface area contributed by atoms with Crippen LogP contribution in [0, 0.1) is 0 Å². The highest BCUT2D eigenvalue weighted by molar-refractivity contribution is 7.55. The molecule has 0 heterocycles. The van der Waals surface area contributed by atoms with Gasteiger partial charge < -0.3 is 9.79 Å². The van der Waals surface area contributed by atoms with E-state index in [0.717, 1.165) is 5.82 Å². The zero-order valence-corrected chi connectivity index (χ0v) is 9.14. The third-order valence-electron chi connectivity index (χ3n) is 1.24. The van der Waals surface area contributed by atoms with Crippen LogP contribution in [0.5, 0.6) is 0 Å². The molecule has 3 nitrogen and oxygen atoms in total. The molecule has 0 aliphatic rings. The van der Waals surface area contributed by atoms with Gasteiger partial charge in [-0.25, -0.2) is 0 Å². The molecule has 2 N–H and O–H groups in total. The van der Waals surface area contributed by atoms with E-state index in [9.17, 15) is 4.57 Å². The van der Waals surface area contributed by atoms with Crippen LogP contribution in [-0.2, 0) is 4.57 Å². The SMILES string of the molecule is CC(Cl)C(=CP(=O)(O)O)C(C)Cl. The lowest BCUT2D eigenvalue weighted by atomic mass is 10.2. The lowest BCUT2D eigenvalue weighted by Crippen LogP contribution is -2.07. The summed E-state index contributed by atoms with van der Waals surface area (Å²) in [6.07, 6.45) is 0. The van der Waals surface area contributed by atoms with Crippen molar-refractivity contribution < 1.29 is 14.4 Å². The van der Waals surface area contributed by atoms with E-state index in [2.05, 4.69) is 0 Å². The van der Waals surface area contributed by atoms with Crippen LogP contribution in [0.25, 0.3) is 0 Å². The molecule has 0 aromatic rings. The van der Waals surface area contributed by atoms with Crippen molar-refractivity contribution in [2.24, 2.45) is 0 Å². The van der Waals surface area contributed by atoms with Crippen molar-refractivity contribution in [2.45, 2.75) is 24.6 Å². The van der Waals surface area contributed by atoms with Gasteiger partial charge in [0.05, 0.1) is 10.8 Å². The minimum absolute atomic E-state index is 0.353. The van der Waals surface area contributed by atoms with Gasteiger partial charge in [0, 0.05) is 5.82 Å². The Kier molecular flexibility index (Phi) is 4.82. The third-order valence-corrected chi connectivity index (χ3v) is 2.37. The molecule has 0 aliphatic heterocycles. The number of alkyl halides is 2. The second-order valence-electron chi connectivity index (χ2n) is 2.45. The van der Waals surface area contributed by atoms with Crippen LogP contribution in [-0.4, -0.2) is 20.5 Å². The minimum Gasteiger partial charge on any atom is -0.321 e. The highest BCUT2D eigenvalue weighted by Crippen LogP contribution is 2.40. The fourth-order valence-corrected chi connectivity index (χ4v) is 2.30. The van der Waals surface area contributed by atoms with E-state index in [1.165, 1.54) is 0 Å². The van der Waals surface area contributed by atoms with Crippen molar-refractivity contribution in [1.29, 1.82) is 0 Å². The zero-order valence-electron chi connectivity index (χ0n) is 6.74. The summed E-state index contributed by atoms with van der Waals surface area (Å²) in [6.45, 7) is 3.23. The molecule has 72 valence electrons. The van der Waals surface area contributed by atoms with Gasteiger partial charge >= 0.3 is 7.60 Å². The Balaban J connectivity index is 4.75. The van der Waals surface area contributed by atoms with Gasteiger partial charge in [-0.3, -0.25) is 4.57 Å². The van der Waals surface area contributed by atoms with E-state index in [4.69, 9.17) is 33.0 Å². The molecular formula is C6H11Cl2O3P. The van der Waals surface area contributed by atoms with Crippen LogP contribution in [0.3, 0.4) is 0 Å². The predicted octanol–water partition coefficient (Wildman–Crippen LogP) is 2.30. The fourth-order valence-electron chi connectivity index (χ4n) is 0.716. The monoisotopic (exact) mass is 232 g/mol. The molecule has 6 heteroatoms. The van der Waals surface area contributed by atoms with Crippen molar-refractivity contribution in [2.75, 3.05) is 0 Å². The maximum atomic E-state index is 10.6. The summed E-state index contributed by atoms with van der Waals surface area (Å²) in [6, 6.07) is 0. The molecule has 0 bridgehead atoms.